The van der Waals surface area contributed by atoms with Gasteiger partial charge in [-0.25, -0.2) is 4.39 Å². The molecule has 5 rings (SSSR count). The highest BCUT2D eigenvalue weighted by atomic mass is 19.2. The number of halogens is 3. The van der Waals surface area contributed by atoms with Gasteiger partial charge in [0.15, 0.2) is 17.4 Å². The number of likely N-dealkylation sites (tertiary alicyclic amines) is 1. The van der Waals surface area contributed by atoms with Gasteiger partial charge in [0.05, 0.1) is 6.67 Å². The molecule has 0 radical (unpaired) electrons. The van der Waals surface area contributed by atoms with Crippen LogP contribution in [0.1, 0.15) is 36.1 Å². The zero-order valence-corrected chi connectivity index (χ0v) is 20.4. The number of alkyl halides is 1. The summed E-state index contributed by atoms with van der Waals surface area (Å²) in [5.74, 6) is -1.92. The van der Waals surface area contributed by atoms with Crippen molar-refractivity contribution in [2.75, 3.05) is 32.9 Å². The van der Waals surface area contributed by atoms with Gasteiger partial charge in [-0.1, -0.05) is 12.1 Å². The molecule has 0 aliphatic carbocycles. The molecule has 2 aliphatic heterocycles. The lowest BCUT2D eigenvalue weighted by molar-refractivity contribution is 0.228. The highest BCUT2D eigenvalue weighted by molar-refractivity contribution is 5.96. The third-order valence-corrected chi connectivity index (χ3v) is 7.05. The van der Waals surface area contributed by atoms with Crippen LogP contribution in [0.5, 0.6) is 23.0 Å². The van der Waals surface area contributed by atoms with E-state index in [-0.39, 0.29) is 23.9 Å². The van der Waals surface area contributed by atoms with E-state index < -0.39 is 23.5 Å². The van der Waals surface area contributed by atoms with Crippen LogP contribution in [0.3, 0.4) is 0 Å². The smallest absolute Gasteiger partial charge is 0.200 e. The number of fused-ring (bicyclic) bond motifs is 1. The molecule has 0 spiro atoms. The molecular weight excluding hydrogens is 483 g/mol. The molecule has 2 aliphatic rings. The lowest BCUT2D eigenvalue weighted by atomic mass is 9.86. The van der Waals surface area contributed by atoms with Gasteiger partial charge >= 0.3 is 0 Å². The number of hydrogen-bond acceptors (Lipinski definition) is 5. The van der Waals surface area contributed by atoms with Crippen molar-refractivity contribution < 1.29 is 32.9 Å². The van der Waals surface area contributed by atoms with Crippen molar-refractivity contribution >= 4 is 11.1 Å². The van der Waals surface area contributed by atoms with Crippen molar-refractivity contribution in [1.29, 1.82) is 0 Å². The number of rotatable bonds is 7. The second-order valence-electron chi connectivity index (χ2n) is 9.54. The van der Waals surface area contributed by atoms with Crippen LogP contribution in [0, 0.1) is 17.6 Å². The number of phenols is 2. The first-order valence-corrected chi connectivity index (χ1v) is 12.2. The van der Waals surface area contributed by atoms with Gasteiger partial charge < -0.3 is 19.7 Å². The van der Waals surface area contributed by atoms with Crippen LogP contribution < -0.4 is 9.47 Å². The van der Waals surface area contributed by atoms with Gasteiger partial charge in [-0.2, -0.15) is 4.39 Å². The Bertz CT molecular complexity index is 1300. The fourth-order valence-electron chi connectivity index (χ4n) is 5.05. The number of allylic oxidation sites excluding steroid dienone is 1. The van der Waals surface area contributed by atoms with Crippen molar-refractivity contribution in [3.05, 3.63) is 82.9 Å². The molecule has 2 atom stereocenters. The minimum atomic E-state index is -1.32. The van der Waals surface area contributed by atoms with Gasteiger partial charge in [0.1, 0.15) is 30.0 Å². The minimum absolute atomic E-state index is 0.0447. The lowest BCUT2D eigenvalue weighted by Gasteiger charge is -2.31. The lowest BCUT2D eigenvalue weighted by Crippen LogP contribution is -2.26. The summed E-state index contributed by atoms with van der Waals surface area (Å²) in [4.78, 5) is 2.20. The van der Waals surface area contributed by atoms with Crippen molar-refractivity contribution in [3.63, 3.8) is 0 Å². The summed E-state index contributed by atoms with van der Waals surface area (Å²) >= 11 is 0. The predicted octanol–water partition coefficient (Wildman–Crippen LogP) is 6.11. The summed E-state index contributed by atoms with van der Waals surface area (Å²) in [6.07, 6.45) is 0.193. The molecular formula is C29H28F3NO4. The first-order valence-electron chi connectivity index (χ1n) is 12.2. The number of hydrogen-bond donors (Lipinski definition) is 2. The van der Waals surface area contributed by atoms with Gasteiger partial charge in [0.2, 0.25) is 0 Å². The fraction of sp³-hybridized carbons (Fsp3) is 0.310. The first-order chi connectivity index (χ1) is 17.8. The molecule has 0 saturated carbocycles. The third kappa shape index (κ3) is 5.11. The Morgan fingerprint density at radius 1 is 1.05 bits per heavy atom. The molecule has 0 bridgehead atoms. The summed E-state index contributed by atoms with van der Waals surface area (Å²) in [7, 11) is 0. The summed E-state index contributed by atoms with van der Waals surface area (Å²) in [6, 6.07) is 14.2. The molecule has 0 amide bonds. The normalized spacial score (nSPS) is 19.6. The molecule has 1 unspecified atom stereocenters. The van der Waals surface area contributed by atoms with E-state index in [2.05, 4.69) is 4.90 Å². The highest BCUT2D eigenvalue weighted by Gasteiger charge is 2.31. The summed E-state index contributed by atoms with van der Waals surface area (Å²) in [5.41, 5.74) is 2.87. The number of nitrogens with zero attached hydrogens (tertiary/aromatic N) is 1. The minimum Gasteiger partial charge on any atom is -0.508 e. The van der Waals surface area contributed by atoms with E-state index in [9.17, 15) is 23.4 Å². The highest BCUT2D eigenvalue weighted by Crippen LogP contribution is 2.48. The van der Waals surface area contributed by atoms with Crippen LogP contribution in [0.25, 0.3) is 11.1 Å². The van der Waals surface area contributed by atoms with Crippen LogP contribution in [0.4, 0.5) is 13.2 Å². The number of phenolic OH excluding ortho intramolecular Hbond substituents is 2. The first kappa shape index (κ1) is 25.0. The second-order valence-corrected chi connectivity index (χ2v) is 9.54. The quantitative estimate of drug-likeness (QED) is 0.401. The second kappa shape index (κ2) is 10.4. The predicted molar refractivity (Wildman–Crippen MR) is 134 cm³/mol. The Kier molecular flexibility index (Phi) is 7.02. The molecule has 8 heteroatoms. The maximum atomic E-state index is 14.3. The van der Waals surface area contributed by atoms with Crippen molar-refractivity contribution in [3.8, 4) is 23.0 Å². The molecule has 3 aromatic rings. The number of aromatic hydroxyl groups is 2. The molecule has 5 nitrogen and oxygen atoms in total. The molecule has 194 valence electrons. The van der Waals surface area contributed by atoms with E-state index in [1.807, 2.05) is 31.2 Å². The summed E-state index contributed by atoms with van der Waals surface area (Å²) in [6.45, 7) is 4.36. The topological polar surface area (TPSA) is 62.2 Å². The largest absolute Gasteiger partial charge is 0.508 e. The van der Waals surface area contributed by atoms with Crippen molar-refractivity contribution in [2.45, 2.75) is 19.4 Å². The van der Waals surface area contributed by atoms with E-state index in [1.54, 1.807) is 12.1 Å². The molecule has 2 N–H and O–H groups in total. The average Bonchev–Trinajstić information content (AvgIpc) is 3.36. The van der Waals surface area contributed by atoms with Gasteiger partial charge in [-0.05, 0) is 79.1 Å². The van der Waals surface area contributed by atoms with Gasteiger partial charge in [0.25, 0.3) is 0 Å². The molecule has 37 heavy (non-hydrogen) atoms. The molecule has 0 aromatic heterocycles. The van der Waals surface area contributed by atoms with Gasteiger partial charge in [-0.15, -0.1) is 0 Å². The Labute approximate surface area is 213 Å². The molecule has 3 aromatic carbocycles. The fourth-order valence-corrected chi connectivity index (χ4v) is 5.05. The third-order valence-electron chi connectivity index (χ3n) is 7.05. The summed E-state index contributed by atoms with van der Waals surface area (Å²) < 4.78 is 53.1. The zero-order valence-electron chi connectivity index (χ0n) is 20.4. The number of ether oxygens (including phenoxy) is 2. The van der Waals surface area contributed by atoms with E-state index in [4.69, 9.17) is 9.47 Å². The SMILES string of the molecule is CC1=C(c2cc(O)c(F)c(F)c2)C(c2ccc(OCCN3CC[C@@H](CF)C3)cc2)Oc2ccc(O)cc21. The molecule has 2 heterocycles. The van der Waals surface area contributed by atoms with Crippen molar-refractivity contribution in [2.24, 2.45) is 5.92 Å². The van der Waals surface area contributed by atoms with Crippen LogP contribution in [0.2, 0.25) is 0 Å². The maximum Gasteiger partial charge on any atom is 0.200 e. The maximum absolute atomic E-state index is 14.3. The average molecular weight is 512 g/mol. The van der Waals surface area contributed by atoms with Crippen LogP contribution in [-0.2, 0) is 0 Å². The van der Waals surface area contributed by atoms with Crippen LogP contribution in [0.15, 0.2) is 54.6 Å². The standard InChI is InChI=1S/C29H28F3NO4/c1-17-23-14-21(34)4-7-26(23)37-29(27(17)20-12-24(31)28(32)25(35)13-20)19-2-5-22(6-3-19)36-11-10-33-9-8-18(15-30)16-33/h2-7,12-14,18,29,34-35H,8-11,15-16H2,1H3/t18-,29?/m0/s1. The Hall–Kier alpha value is -3.65. The van der Waals surface area contributed by atoms with E-state index in [1.165, 1.54) is 12.1 Å². The molecule has 1 saturated heterocycles. The Morgan fingerprint density at radius 2 is 1.84 bits per heavy atom. The van der Waals surface area contributed by atoms with Crippen molar-refractivity contribution in [1.82, 2.24) is 4.90 Å². The molecule has 1 fully saturated rings. The van der Waals surface area contributed by atoms with E-state index >= 15 is 0 Å². The monoisotopic (exact) mass is 511 g/mol. The summed E-state index contributed by atoms with van der Waals surface area (Å²) in [5, 5.41) is 20.0. The van der Waals surface area contributed by atoms with Crippen LogP contribution >= 0.6 is 0 Å². The Balaban J connectivity index is 1.41. The number of benzene rings is 3. The van der Waals surface area contributed by atoms with Gasteiger partial charge in [-0.3, -0.25) is 9.29 Å². The van der Waals surface area contributed by atoms with Crippen LogP contribution in [-0.4, -0.2) is 48.0 Å². The zero-order chi connectivity index (χ0) is 26.1. The van der Waals surface area contributed by atoms with Gasteiger partial charge in [0, 0.05) is 30.1 Å². The van der Waals surface area contributed by atoms with E-state index in [0.717, 1.165) is 37.7 Å². The Morgan fingerprint density at radius 3 is 2.54 bits per heavy atom. The van der Waals surface area contributed by atoms with E-state index in [0.29, 0.717) is 34.8 Å².